The van der Waals surface area contributed by atoms with Gasteiger partial charge in [-0.3, -0.25) is 0 Å². The maximum Gasteiger partial charge on any atom is 0.0309 e. The second-order valence-corrected chi connectivity index (χ2v) is 6.21. The van der Waals surface area contributed by atoms with E-state index < -0.39 is 0 Å². The third-order valence-corrected chi connectivity index (χ3v) is 4.79. The number of hydrogen-bond donors (Lipinski definition) is 2. The highest BCUT2D eigenvalue weighted by Gasteiger charge is 2.34. The van der Waals surface area contributed by atoms with Gasteiger partial charge in [-0.05, 0) is 32.2 Å². The van der Waals surface area contributed by atoms with E-state index in [2.05, 4.69) is 5.32 Å². The first kappa shape index (κ1) is 13.4. The third-order valence-electron chi connectivity index (χ3n) is 4.79. The van der Waals surface area contributed by atoms with E-state index in [1.165, 1.54) is 83.6 Å². The topological polar surface area (TPSA) is 38.0 Å². The van der Waals surface area contributed by atoms with E-state index in [0.29, 0.717) is 6.04 Å². The van der Waals surface area contributed by atoms with Crippen molar-refractivity contribution in [2.45, 2.75) is 88.6 Å². The summed E-state index contributed by atoms with van der Waals surface area (Å²) in [4.78, 5) is 0. The highest BCUT2D eigenvalue weighted by Crippen LogP contribution is 2.30. The average Bonchev–Trinajstić information content (AvgIpc) is 2.23. The summed E-state index contributed by atoms with van der Waals surface area (Å²) in [6, 6.07) is 0.584. The summed E-state index contributed by atoms with van der Waals surface area (Å²) in [5, 5.41) is 3.75. The van der Waals surface area contributed by atoms with E-state index in [4.69, 9.17) is 5.73 Å². The smallest absolute Gasteiger partial charge is 0.0309 e. The van der Waals surface area contributed by atoms with E-state index in [0.717, 1.165) is 0 Å². The summed E-state index contributed by atoms with van der Waals surface area (Å²) < 4.78 is 0. The fourth-order valence-electron chi connectivity index (χ4n) is 3.61. The van der Waals surface area contributed by atoms with Crippen molar-refractivity contribution in [2.24, 2.45) is 5.73 Å². The SMILES string of the molecule is NC1(C2CCCCCCN2)CCCCCCC1. The fourth-order valence-corrected chi connectivity index (χ4v) is 3.61. The van der Waals surface area contributed by atoms with Crippen molar-refractivity contribution in [3.8, 4) is 0 Å². The van der Waals surface area contributed by atoms with Crippen LogP contribution in [0.25, 0.3) is 0 Å². The van der Waals surface area contributed by atoms with Crippen LogP contribution in [0.1, 0.15) is 77.0 Å². The van der Waals surface area contributed by atoms with Crippen molar-refractivity contribution in [2.75, 3.05) is 6.54 Å². The molecular formula is C15H30N2. The molecule has 2 rings (SSSR count). The summed E-state index contributed by atoms with van der Waals surface area (Å²) in [6.45, 7) is 1.18. The molecule has 0 spiro atoms. The van der Waals surface area contributed by atoms with Crippen LogP contribution in [-0.2, 0) is 0 Å². The van der Waals surface area contributed by atoms with Crippen LogP contribution in [0, 0.1) is 0 Å². The van der Waals surface area contributed by atoms with Gasteiger partial charge in [-0.15, -0.1) is 0 Å². The minimum absolute atomic E-state index is 0.0950. The lowest BCUT2D eigenvalue weighted by Crippen LogP contribution is -2.57. The first-order chi connectivity index (χ1) is 8.31. The number of nitrogens with one attached hydrogen (secondary N) is 1. The predicted molar refractivity (Wildman–Crippen MR) is 74.1 cm³/mol. The molecule has 2 nitrogen and oxygen atoms in total. The molecule has 0 aromatic heterocycles. The van der Waals surface area contributed by atoms with Crippen molar-refractivity contribution >= 4 is 0 Å². The average molecular weight is 238 g/mol. The summed E-state index contributed by atoms with van der Waals surface area (Å²) in [7, 11) is 0. The Balaban J connectivity index is 1.94. The summed E-state index contributed by atoms with van der Waals surface area (Å²) in [6.07, 6.45) is 16.2. The van der Waals surface area contributed by atoms with E-state index in [9.17, 15) is 0 Å². The van der Waals surface area contributed by atoms with Crippen molar-refractivity contribution in [1.29, 1.82) is 0 Å². The van der Waals surface area contributed by atoms with Gasteiger partial charge in [0.25, 0.3) is 0 Å². The lowest BCUT2D eigenvalue weighted by Gasteiger charge is -2.40. The lowest BCUT2D eigenvalue weighted by molar-refractivity contribution is 0.214. The van der Waals surface area contributed by atoms with E-state index >= 15 is 0 Å². The van der Waals surface area contributed by atoms with E-state index in [1.54, 1.807) is 0 Å². The monoisotopic (exact) mass is 238 g/mol. The van der Waals surface area contributed by atoms with Crippen LogP contribution >= 0.6 is 0 Å². The van der Waals surface area contributed by atoms with Crippen LogP contribution in [0.4, 0.5) is 0 Å². The van der Waals surface area contributed by atoms with Crippen molar-refractivity contribution in [3.05, 3.63) is 0 Å². The second-order valence-electron chi connectivity index (χ2n) is 6.21. The van der Waals surface area contributed by atoms with Gasteiger partial charge in [0, 0.05) is 11.6 Å². The largest absolute Gasteiger partial charge is 0.324 e. The summed E-state index contributed by atoms with van der Waals surface area (Å²) >= 11 is 0. The molecule has 1 unspecified atom stereocenters. The number of hydrogen-bond acceptors (Lipinski definition) is 2. The van der Waals surface area contributed by atoms with Crippen LogP contribution in [-0.4, -0.2) is 18.1 Å². The molecule has 1 aliphatic carbocycles. The molecule has 2 fully saturated rings. The molecule has 0 aromatic rings. The van der Waals surface area contributed by atoms with Gasteiger partial charge in [0.05, 0.1) is 0 Å². The highest BCUT2D eigenvalue weighted by molar-refractivity contribution is 4.96. The molecule has 1 atom stereocenters. The molecular weight excluding hydrogens is 208 g/mol. The Bertz CT molecular complexity index is 199. The van der Waals surface area contributed by atoms with E-state index in [1.807, 2.05) is 0 Å². The fraction of sp³-hybridized carbons (Fsp3) is 1.00. The van der Waals surface area contributed by atoms with Crippen molar-refractivity contribution in [3.63, 3.8) is 0 Å². The molecule has 1 aliphatic heterocycles. The molecule has 0 aromatic carbocycles. The number of nitrogens with two attached hydrogens (primary N) is 1. The third kappa shape index (κ3) is 3.96. The van der Waals surface area contributed by atoms with Crippen LogP contribution < -0.4 is 11.1 Å². The van der Waals surface area contributed by atoms with Crippen LogP contribution in [0.15, 0.2) is 0 Å². The molecule has 3 N–H and O–H groups in total. The standard InChI is InChI=1S/C15H30N2/c16-15(11-7-3-1-4-8-12-15)14-10-6-2-5-9-13-17-14/h14,17H,1-13,16H2. The molecule has 2 aliphatic rings. The Kier molecular flexibility index (Phi) is 5.30. The maximum absolute atomic E-state index is 6.76. The zero-order valence-electron chi connectivity index (χ0n) is 11.3. The molecule has 0 bridgehead atoms. The molecule has 17 heavy (non-hydrogen) atoms. The zero-order valence-corrected chi connectivity index (χ0v) is 11.3. The minimum Gasteiger partial charge on any atom is -0.324 e. The van der Waals surface area contributed by atoms with E-state index in [-0.39, 0.29) is 5.54 Å². The van der Waals surface area contributed by atoms with Gasteiger partial charge in [0.2, 0.25) is 0 Å². The van der Waals surface area contributed by atoms with Crippen LogP contribution in [0.2, 0.25) is 0 Å². The van der Waals surface area contributed by atoms with Gasteiger partial charge in [-0.25, -0.2) is 0 Å². The van der Waals surface area contributed by atoms with Crippen molar-refractivity contribution in [1.82, 2.24) is 5.32 Å². The normalized spacial score (nSPS) is 31.9. The Hall–Kier alpha value is -0.0800. The van der Waals surface area contributed by atoms with Crippen LogP contribution in [0.5, 0.6) is 0 Å². The number of rotatable bonds is 1. The maximum atomic E-state index is 6.76. The molecule has 0 amide bonds. The molecule has 0 radical (unpaired) electrons. The van der Waals surface area contributed by atoms with Gasteiger partial charge in [-0.2, -0.15) is 0 Å². The van der Waals surface area contributed by atoms with Gasteiger partial charge in [-0.1, -0.05) is 51.4 Å². The Morgan fingerprint density at radius 2 is 1.35 bits per heavy atom. The van der Waals surface area contributed by atoms with Gasteiger partial charge >= 0.3 is 0 Å². The molecule has 2 heteroatoms. The Morgan fingerprint density at radius 1 is 0.765 bits per heavy atom. The Morgan fingerprint density at radius 3 is 2.12 bits per heavy atom. The molecule has 1 saturated carbocycles. The lowest BCUT2D eigenvalue weighted by atomic mass is 9.77. The van der Waals surface area contributed by atoms with Gasteiger partial charge < -0.3 is 11.1 Å². The molecule has 1 heterocycles. The van der Waals surface area contributed by atoms with Crippen LogP contribution in [0.3, 0.4) is 0 Å². The second kappa shape index (κ2) is 6.75. The molecule has 100 valence electrons. The minimum atomic E-state index is 0.0950. The zero-order chi connectivity index (χ0) is 12.0. The first-order valence-electron chi connectivity index (χ1n) is 7.83. The quantitative estimate of drug-likeness (QED) is 0.735. The summed E-state index contributed by atoms with van der Waals surface area (Å²) in [5.41, 5.74) is 6.86. The predicted octanol–water partition coefficient (Wildman–Crippen LogP) is 3.35. The van der Waals surface area contributed by atoms with Crippen molar-refractivity contribution < 1.29 is 0 Å². The Labute approximate surface area is 107 Å². The summed E-state index contributed by atoms with van der Waals surface area (Å²) in [5.74, 6) is 0. The highest BCUT2D eigenvalue weighted by atomic mass is 15.0. The first-order valence-corrected chi connectivity index (χ1v) is 7.83. The van der Waals surface area contributed by atoms with Gasteiger partial charge in [0.15, 0.2) is 0 Å². The van der Waals surface area contributed by atoms with Gasteiger partial charge in [0.1, 0.15) is 0 Å². The molecule has 1 saturated heterocycles.